The van der Waals surface area contributed by atoms with Gasteiger partial charge in [-0.3, -0.25) is 4.90 Å². The first-order chi connectivity index (χ1) is 9.44. The molecule has 116 valence electrons. The number of rotatable bonds is 2. The van der Waals surface area contributed by atoms with Gasteiger partial charge >= 0.3 is 12.2 Å². The summed E-state index contributed by atoms with van der Waals surface area (Å²) in [5.74, 6) is 0. The van der Waals surface area contributed by atoms with Crippen molar-refractivity contribution in [2.75, 3.05) is 45.9 Å². The lowest BCUT2D eigenvalue weighted by Crippen LogP contribution is -2.54. The number of nitrogens with zero attached hydrogens (tertiary/aromatic N) is 2. The van der Waals surface area contributed by atoms with Gasteiger partial charge in [-0.15, -0.1) is 0 Å². The minimum absolute atomic E-state index is 0.202. The molecule has 2 aliphatic rings. The van der Waals surface area contributed by atoms with E-state index in [0.717, 1.165) is 6.42 Å². The van der Waals surface area contributed by atoms with Crippen molar-refractivity contribution < 1.29 is 22.7 Å². The fraction of sp³-hybridized carbons (Fsp3) is 0.917. The number of likely N-dealkylation sites (tertiary alicyclic amines) is 1. The molecule has 0 spiro atoms. The molecule has 2 rings (SSSR count). The molecule has 2 saturated heterocycles. The summed E-state index contributed by atoms with van der Waals surface area (Å²) in [4.78, 5) is 15.0. The number of nitrogens with one attached hydrogen (secondary N) is 1. The summed E-state index contributed by atoms with van der Waals surface area (Å²) in [5.41, 5.74) is 0. The van der Waals surface area contributed by atoms with Crippen LogP contribution >= 0.6 is 0 Å². The molecule has 2 heterocycles. The predicted octanol–water partition coefficient (Wildman–Crippen LogP) is 1.05. The van der Waals surface area contributed by atoms with Crippen molar-refractivity contribution in [2.45, 2.75) is 25.1 Å². The first-order valence-corrected chi connectivity index (χ1v) is 6.86. The van der Waals surface area contributed by atoms with Crippen LogP contribution in [0, 0.1) is 0 Å². The molecular weight excluding hydrogens is 275 g/mol. The SMILES string of the molecule is O=C(NC1CCCN(CC(F)(F)F)C1)N1CCOCC1. The van der Waals surface area contributed by atoms with Crippen LogP contribution in [0.2, 0.25) is 0 Å². The topological polar surface area (TPSA) is 44.8 Å². The van der Waals surface area contributed by atoms with Crippen LogP contribution in [0.5, 0.6) is 0 Å². The second-order valence-electron chi connectivity index (χ2n) is 5.24. The Morgan fingerprint density at radius 3 is 2.60 bits per heavy atom. The average molecular weight is 295 g/mol. The van der Waals surface area contributed by atoms with Gasteiger partial charge in [0.25, 0.3) is 0 Å². The average Bonchev–Trinajstić information content (AvgIpc) is 2.38. The van der Waals surface area contributed by atoms with Crippen molar-refractivity contribution in [3.05, 3.63) is 0 Å². The summed E-state index contributed by atoms with van der Waals surface area (Å²) in [5, 5.41) is 2.83. The van der Waals surface area contributed by atoms with Crippen LogP contribution < -0.4 is 5.32 Å². The molecule has 2 aliphatic heterocycles. The molecule has 0 aromatic heterocycles. The Bertz CT molecular complexity index is 332. The molecule has 0 aromatic rings. The first-order valence-electron chi connectivity index (χ1n) is 6.86. The Morgan fingerprint density at radius 2 is 1.95 bits per heavy atom. The molecule has 20 heavy (non-hydrogen) atoms. The predicted molar refractivity (Wildman–Crippen MR) is 66.4 cm³/mol. The lowest BCUT2D eigenvalue weighted by molar-refractivity contribution is -0.148. The van der Waals surface area contributed by atoms with Gasteiger partial charge in [-0.05, 0) is 19.4 Å². The summed E-state index contributed by atoms with van der Waals surface area (Å²) in [6, 6.07) is -0.409. The van der Waals surface area contributed by atoms with E-state index in [1.54, 1.807) is 4.90 Å². The third-order valence-corrected chi connectivity index (χ3v) is 3.53. The number of urea groups is 1. The molecule has 0 radical (unpaired) electrons. The van der Waals surface area contributed by atoms with Gasteiger partial charge in [0, 0.05) is 25.7 Å². The summed E-state index contributed by atoms with van der Waals surface area (Å²) in [6.07, 6.45) is -2.79. The van der Waals surface area contributed by atoms with E-state index in [9.17, 15) is 18.0 Å². The summed E-state index contributed by atoms with van der Waals surface area (Å²) in [7, 11) is 0. The number of morpholine rings is 1. The van der Waals surface area contributed by atoms with Gasteiger partial charge < -0.3 is 15.0 Å². The van der Waals surface area contributed by atoms with Crippen molar-refractivity contribution in [1.29, 1.82) is 0 Å². The summed E-state index contributed by atoms with van der Waals surface area (Å²) >= 11 is 0. The van der Waals surface area contributed by atoms with E-state index < -0.39 is 12.7 Å². The second-order valence-corrected chi connectivity index (χ2v) is 5.24. The van der Waals surface area contributed by atoms with E-state index in [-0.39, 0.29) is 18.6 Å². The largest absolute Gasteiger partial charge is 0.401 e. The Balaban J connectivity index is 1.78. The summed E-state index contributed by atoms with van der Waals surface area (Å²) in [6.45, 7) is 1.88. The molecular formula is C12H20F3N3O2. The van der Waals surface area contributed by atoms with Gasteiger partial charge in [0.2, 0.25) is 0 Å². The Hall–Kier alpha value is -1.02. The Labute approximate surface area is 116 Å². The zero-order valence-corrected chi connectivity index (χ0v) is 11.3. The zero-order valence-electron chi connectivity index (χ0n) is 11.3. The molecule has 0 bridgehead atoms. The van der Waals surface area contributed by atoms with Crippen LogP contribution in [0.1, 0.15) is 12.8 Å². The van der Waals surface area contributed by atoms with Gasteiger partial charge in [0.15, 0.2) is 0 Å². The minimum atomic E-state index is -4.18. The van der Waals surface area contributed by atoms with Crippen LogP contribution in [0.3, 0.4) is 0 Å². The quantitative estimate of drug-likeness (QED) is 0.828. The smallest absolute Gasteiger partial charge is 0.378 e. The highest BCUT2D eigenvalue weighted by Gasteiger charge is 2.33. The van der Waals surface area contributed by atoms with Crippen LogP contribution in [0.4, 0.5) is 18.0 Å². The van der Waals surface area contributed by atoms with Crippen molar-refractivity contribution in [3.8, 4) is 0 Å². The molecule has 2 fully saturated rings. The monoisotopic (exact) mass is 295 g/mol. The molecule has 0 saturated carbocycles. The number of carbonyl (C=O) groups excluding carboxylic acids is 1. The number of hydrogen-bond acceptors (Lipinski definition) is 3. The molecule has 1 unspecified atom stereocenters. The van der Waals surface area contributed by atoms with Crippen molar-refractivity contribution in [1.82, 2.24) is 15.1 Å². The Morgan fingerprint density at radius 1 is 1.25 bits per heavy atom. The normalized spacial score (nSPS) is 25.6. The standard InChI is InChI=1S/C12H20F3N3O2/c13-12(14,15)9-17-3-1-2-10(8-17)16-11(19)18-4-6-20-7-5-18/h10H,1-9H2,(H,16,19). The second kappa shape index (κ2) is 6.62. The number of amides is 2. The number of carbonyl (C=O) groups is 1. The highest BCUT2D eigenvalue weighted by Crippen LogP contribution is 2.19. The molecule has 1 atom stereocenters. The van der Waals surface area contributed by atoms with E-state index in [1.165, 1.54) is 4.90 Å². The molecule has 2 amide bonds. The minimum Gasteiger partial charge on any atom is -0.378 e. The first kappa shape index (κ1) is 15.4. The Kier molecular flexibility index (Phi) is 5.09. The van der Waals surface area contributed by atoms with Crippen molar-refractivity contribution in [2.24, 2.45) is 0 Å². The maximum atomic E-state index is 12.4. The third kappa shape index (κ3) is 4.82. The molecule has 1 N–H and O–H groups in total. The number of halogens is 3. The maximum Gasteiger partial charge on any atom is 0.401 e. The number of piperidine rings is 1. The van der Waals surface area contributed by atoms with Gasteiger partial charge in [-0.2, -0.15) is 13.2 Å². The lowest BCUT2D eigenvalue weighted by atomic mass is 10.1. The number of hydrogen-bond donors (Lipinski definition) is 1. The maximum absolute atomic E-state index is 12.4. The third-order valence-electron chi connectivity index (χ3n) is 3.53. The van der Waals surface area contributed by atoms with Gasteiger partial charge in [-0.25, -0.2) is 4.79 Å². The van der Waals surface area contributed by atoms with E-state index in [1.807, 2.05) is 0 Å². The summed E-state index contributed by atoms with van der Waals surface area (Å²) < 4.78 is 42.3. The van der Waals surface area contributed by atoms with Crippen LogP contribution in [-0.2, 0) is 4.74 Å². The lowest BCUT2D eigenvalue weighted by Gasteiger charge is -2.35. The van der Waals surface area contributed by atoms with Crippen molar-refractivity contribution in [3.63, 3.8) is 0 Å². The van der Waals surface area contributed by atoms with Crippen LogP contribution in [-0.4, -0.2) is 74.0 Å². The van der Waals surface area contributed by atoms with E-state index in [4.69, 9.17) is 4.74 Å². The van der Waals surface area contributed by atoms with Crippen LogP contribution in [0.25, 0.3) is 0 Å². The molecule has 0 aliphatic carbocycles. The zero-order chi connectivity index (χ0) is 14.6. The highest BCUT2D eigenvalue weighted by molar-refractivity contribution is 5.74. The van der Waals surface area contributed by atoms with E-state index in [2.05, 4.69) is 5.32 Å². The molecule has 0 aromatic carbocycles. The molecule has 5 nitrogen and oxygen atoms in total. The van der Waals surface area contributed by atoms with E-state index >= 15 is 0 Å². The molecule has 8 heteroatoms. The number of alkyl halides is 3. The fourth-order valence-corrected chi connectivity index (χ4v) is 2.60. The van der Waals surface area contributed by atoms with Gasteiger partial charge in [-0.1, -0.05) is 0 Å². The van der Waals surface area contributed by atoms with Crippen molar-refractivity contribution >= 4 is 6.03 Å². The number of ether oxygens (including phenoxy) is 1. The van der Waals surface area contributed by atoms with Gasteiger partial charge in [0.1, 0.15) is 0 Å². The van der Waals surface area contributed by atoms with E-state index in [0.29, 0.717) is 39.3 Å². The van der Waals surface area contributed by atoms with Gasteiger partial charge in [0.05, 0.1) is 19.8 Å². The highest BCUT2D eigenvalue weighted by atomic mass is 19.4. The van der Waals surface area contributed by atoms with Crippen LogP contribution in [0.15, 0.2) is 0 Å². The fourth-order valence-electron chi connectivity index (χ4n) is 2.60.